The third-order valence-electron chi connectivity index (χ3n) is 2.69. The van der Waals surface area contributed by atoms with E-state index in [0.717, 1.165) is 23.4 Å². The van der Waals surface area contributed by atoms with Gasteiger partial charge in [0.25, 0.3) is 0 Å². The number of nitrogens with one attached hydrogen (secondary N) is 1. The Morgan fingerprint density at radius 1 is 1.53 bits per heavy atom. The molecule has 4 heteroatoms. The number of carboxylic acid groups (broad SMARTS) is 1. The molecule has 3 nitrogen and oxygen atoms in total. The summed E-state index contributed by atoms with van der Waals surface area (Å²) in [5.41, 5.74) is 2.34. The van der Waals surface area contributed by atoms with E-state index in [4.69, 9.17) is 5.11 Å². The van der Waals surface area contributed by atoms with Crippen LogP contribution in [0, 0.1) is 6.92 Å². The molecule has 1 unspecified atom stereocenters. The molecule has 0 saturated heterocycles. The minimum atomic E-state index is -0.879. The predicted molar refractivity (Wildman–Crippen MR) is 74.2 cm³/mol. The molecule has 0 heterocycles. The zero-order valence-corrected chi connectivity index (χ0v) is 11.3. The maximum atomic E-state index is 10.8. The molecule has 0 aromatic heterocycles. The standard InChI is InChI=1S/C13H19NO2S/c1-4-11(8-17-3)14-12-6-5-10(13(15)16)7-9(12)2/h5-7,11,14H,4,8H2,1-3H3,(H,15,16). The van der Waals surface area contributed by atoms with Crippen LogP contribution in [-0.4, -0.2) is 29.1 Å². The van der Waals surface area contributed by atoms with E-state index in [1.165, 1.54) is 0 Å². The van der Waals surface area contributed by atoms with Gasteiger partial charge in [0.05, 0.1) is 5.56 Å². The Kier molecular flexibility index (Phi) is 5.35. The number of anilines is 1. The molecule has 0 amide bonds. The van der Waals surface area contributed by atoms with Crippen LogP contribution in [-0.2, 0) is 0 Å². The number of carbonyl (C=O) groups is 1. The van der Waals surface area contributed by atoms with E-state index in [0.29, 0.717) is 11.6 Å². The van der Waals surface area contributed by atoms with Gasteiger partial charge in [-0.3, -0.25) is 0 Å². The minimum Gasteiger partial charge on any atom is -0.478 e. The van der Waals surface area contributed by atoms with E-state index in [1.807, 2.05) is 24.8 Å². The van der Waals surface area contributed by atoms with Gasteiger partial charge in [0.15, 0.2) is 0 Å². The first-order valence-electron chi connectivity index (χ1n) is 5.67. The number of thioether (sulfide) groups is 1. The minimum absolute atomic E-state index is 0.339. The zero-order valence-electron chi connectivity index (χ0n) is 10.5. The summed E-state index contributed by atoms with van der Waals surface area (Å²) in [6.07, 6.45) is 3.14. The van der Waals surface area contributed by atoms with Crippen molar-refractivity contribution in [2.24, 2.45) is 0 Å². The first-order valence-corrected chi connectivity index (χ1v) is 7.07. The van der Waals surface area contributed by atoms with Gasteiger partial charge in [-0.2, -0.15) is 11.8 Å². The third kappa shape index (κ3) is 3.97. The fourth-order valence-electron chi connectivity index (χ4n) is 1.64. The molecule has 0 saturated carbocycles. The highest BCUT2D eigenvalue weighted by atomic mass is 32.2. The molecule has 0 aliphatic heterocycles. The van der Waals surface area contributed by atoms with E-state index >= 15 is 0 Å². The van der Waals surface area contributed by atoms with Crippen molar-refractivity contribution in [3.63, 3.8) is 0 Å². The van der Waals surface area contributed by atoms with Gasteiger partial charge in [0.2, 0.25) is 0 Å². The van der Waals surface area contributed by atoms with E-state index < -0.39 is 5.97 Å². The van der Waals surface area contributed by atoms with Gasteiger partial charge < -0.3 is 10.4 Å². The van der Waals surface area contributed by atoms with Crippen molar-refractivity contribution in [2.75, 3.05) is 17.3 Å². The van der Waals surface area contributed by atoms with Crippen LogP contribution < -0.4 is 5.32 Å². The lowest BCUT2D eigenvalue weighted by atomic mass is 10.1. The Morgan fingerprint density at radius 2 is 2.24 bits per heavy atom. The van der Waals surface area contributed by atoms with Crippen LogP contribution in [0.2, 0.25) is 0 Å². The molecule has 0 fully saturated rings. The number of hydrogen-bond donors (Lipinski definition) is 2. The number of rotatable bonds is 6. The van der Waals surface area contributed by atoms with E-state index in [-0.39, 0.29) is 0 Å². The SMILES string of the molecule is CCC(CSC)Nc1ccc(C(=O)O)cc1C. The van der Waals surface area contributed by atoms with Crippen LogP contribution in [0.1, 0.15) is 29.3 Å². The van der Waals surface area contributed by atoms with Crippen LogP contribution in [0.15, 0.2) is 18.2 Å². The molecule has 1 rings (SSSR count). The summed E-state index contributed by atoms with van der Waals surface area (Å²) >= 11 is 1.81. The number of hydrogen-bond acceptors (Lipinski definition) is 3. The first-order chi connectivity index (χ1) is 8.08. The highest BCUT2D eigenvalue weighted by molar-refractivity contribution is 7.98. The molecule has 2 N–H and O–H groups in total. The summed E-state index contributed by atoms with van der Waals surface area (Å²) in [6, 6.07) is 5.63. The molecular formula is C13H19NO2S. The maximum Gasteiger partial charge on any atom is 0.335 e. The highest BCUT2D eigenvalue weighted by Gasteiger charge is 2.09. The molecule has 1 aromatic carbocycles. The van der Waals surface area contributed by atoms with Gasteiger partial charge in [0, 0.05) is 17.5 Å². The van der Waals surface area contributed by atoms with Gasteiger partial charge in [-0.25, -0.2) is 4.79 Å². The van der Waals surface area contributed by atoms with Crippen molar-refractivity contribution in [3.05, 3.63) is 29.3 Å². The fraction of sp³-hybridized carbons (Fsp3) is 0.462. The van der Waals surface area contributed by atoms with Crippen LogP contribution in [0.5, 0.6) is 0 Å². The average Bonchev–Trinajstić information content (AvgIpc) is 2.30. The molecule has 1 atom stereocenters. The summed E-state index contributed by atoms with van der Waals surface area (Å²) in [7, 11) is 0. The largest absolute Gasteiger partial charge is 0.478 e. The second kappa shape index (κ2) is 6.55. The Morgan fingerprint density at radius 3 is 2.71 bits per heavy atom. The van der Waals surface area contributed by atoms with E-state index in [9.17, 15) is 4.79 Å². The average molecular weight is 253 g/mol. The molecule has 0 radical (unpaired) electrons. The van der Waals surface area contributed by atoms with Crippen molar-refractivity contribution in [2.45, 2.75) is 26.3 Å². The summed E-state index contributed by atoms with van der Waals surface area (Å²) in [4.78, 5) is 10.8. The molecule has 0 aliphatic rings. The monoisotopic (exact) mass is 253 g/mol. The van der Waals surface area contributed by atoms with E-state index in [1.54, 1.807) is 12.1 Å². The highest BCUT2D eigenvalue weighted by Crippen LogP contribution is 2.19. The van der Waals surface area contributed by atoms with Crippen molar-refractivity contribution in [3.8, 4) is 0 Å². The van der Waals surface area contributed by atoms with Gasteiger partial charge in [-0.05, 0) is 43.4 Å². The molecular weight excluding hydrogens is 234 g/mol. The maximum absolute atomic E-state index is 10.8. The smallest absolute Gasteiger partial charge is 0.335 e. The molecule has 94 valence electrons. The molecule has 1 aromatic rings. The second-order valence-corrected chi connectivity index (χ2v) is 4.95. The Balaban J connectivity index is 2.81. The number of aryl methyl sites for hydroxylation is 1. The number of carboxylic acids is 1. The van der Waals surface area contributed by atoms with Crippen LogP contribution >= 0.6 is 11.8 Å². The van der Waals surface area contributed by atoms with Crippen LogP contribution in [0.25, 0.3) is 0 Å². The van der Waals surface area contributed by atoms with Crippen LogP contribution in [0.3, 0.4) is 0 Å². The van der Waals surface area contributed by atoms with Crippen molar-refractivity contribution in [1.29, 1.82) is 0 Å². The van der Waals surface area contributed by atoms with Crippen molar-refractivity contribution < 1.29 is 9.90 Å². The summed E-state index contributed by atoms with van der Waals surface area (Å²) < 4.78 is 0. The van der Waals surface area contributed by atoms with Gasteiger partial charge in [-0.15, -0.1) is 0 Å². The Labute approximate surface area is 107 Å². The van der Waals surface area contributed by atoms with Crippen molar-refractivity contribution in [1.82, 2.24) is 0 Å². The molecule has 0 spiro atoms. The fourth-order valence-corrected chi connectivity index (χ4v) is 2.36. The third-order valence-corrected chi connectivity index (χ3v) is 3.43. The van der Waals surface area contributed by atoms with Crippen molar-refractivity contribution >= 4 is 23.4 Å². The van der Waals surface area contributed by atoms with Gasteiger partial charge in [0.1, 0.15) is 0 Å². The quantitative estimate of drug-likeness (QED) is 0.817. The second-order valence-electron chi connectivity index (χ2n) is 4.04. The molecule has 0 aliphatic carbocycles. The number of benzene rings is 1. The van der Waals surface area contributed by atoms with Gasteiger partial charge in [-0.1, -0.05) is 6.92 Å². The Bertz CT molecular complexity index is 393. The first kappa shape index (κ1) is 13.9. The van der Waals surface area contributed by atoms with Crippen LogP contribution in [0.4, 0.5) is 5.69 Å². The lowest BCUT2D eigenvalue weighted by Crippen LogP contribution is -2.21. The number of aromatic carboxylic acids is 1. The lowest BCUT2D eigenvalue weighted by Gasteiger charge is -2.19. The molecule has 17 heavy (non-hydrogen) atoms. The Hall–Kier alpha value is -1.16. The summed E-state index contributed by atoms with van der Waals surface area (Å²) in [6.45, 7) is 4.08. The van der Waals surface area contributed by atoms with Gasteiger partial charge >= 0.3 is 5.97 Å². The van der Waals surface area contributed by atoms with E-state index in [2.05, 4.69) is 18.5 Å². The lowest BCUT2D eigenvalue weighted by molar-refractivity contribution is 0.0697. The predicted octanol–water partition coefficient (Wildman–Crippen LogP) is 3.25. The molecule has 0 bridgehead atoms. The summed E-state index contributed by atoms with van der Waals surface area (Å²) in [5.74, 6) is 0.173. The normalized spacial score (nSPS) is 12.2. The zero-order chi connectivity index (χ0) is 12.8. The summed E-state index contributed by atoms with van der Waals surface area (Å²) in [5, 5.41) is 12.3. The topological polar surface area (TPSA) is 49.3 Å².